The summed E-state index contributed by atoms with van der Waals surface area (Å²) in [6, 6.07) is 13.1. The lowest BCUT2D eigenvalue weighted by Crippen LogP contribution is -2.29. The number of thiocarbonyl (C=S) groups is 1. The van der Waals surface area contributed by atoms with Crippen molar-refractivity contribution in [2.24, 2.45) is 5.92 Å². The maximum atomic E-state index is 13.5. The van der Waals surface area contributed by atoms with Crippen molar-refractivity contribution in [2.75, 3.05) is 5.32 Å². The number of amides is 1. The summed E-state index contributed by atoms with van der Waals surface area (Å²) >= 11 is 13.0. The van der Waals surface area contributed by atoms with Crippen LogP contribution in [0.15, 0.2) is 58.4 Å². The van der Waals surface area contributed by atoms with Crippen molar-refractivity contribution >= 4 is 63.3 Å². The van der Waals surface area contributed by atoms with Gasteiger partial charge >= 0.3 is 0 Å². The van der Waals surface area contributed by atoms with Crippen LogP contribution in [0, 0.1) is 5.92 Å². The van der Waals surface area contributed by atoms with E-state index in [2.05, 4.69) is 12.2 Å². The van der Waals surface area contributed by atoms with E-state index in [1.165, 1.54) is 21.1 Å². The molecule has 0 radical (unpaired) electrons. The maximum absolute atomic E-state index is 13.5. The van der Waals surface area contributed by atoms with Crippen molar-refractivity contribution in [1.29, 1.82) is 0 Å². The molecule has 0 unspecified atom stereocenters. The summed E-state index contributed by atoms with van der Waals surface area (Å²) in [5.41, 5.74) is 1.52. The van der Waals surface area contributed by atoms with Gasteiger partial charge in [0.25, 0.3) is 11.5 Å². The number of nitrogens with one attached hydrogen (secondary N) is 1. The van der Waals surface area contributed by atoms with E-state index in [4.69, 9.17) is 28.8 Å². The molecule has 0 atom stereocenters. The smallest absolute Gasteiger partial charge is 0.267 e. The van der Waals surface area contributed by atoms with E-state index in [0.29, 0.717) is 37.2 Å². The summed E-state index contributed by atoms with van der Waals surface area (Å²) in [4.78, 5) is 33.5. The first-order valence-electron chi connectivity index (χ1n) is 11.7. The van der Waals surface area contributed by atoms with Crippen molar-refractivity contribution in [3.8, 4) is 0 Å². The van der Waals surface area contributed by atoms with Gasteiger partial charge in [0, 0.05) is 17.3 Å². The number of fused-ring (bicyclic) bond motifs is 1. The molecule has 2 fully saturated rings. The Morgan fingerprint density at radius 1 is 1.14 bits per heavy atom. The summed E-state index contributed by atoms with van der Waals surface area (Å²) < 4.78 is 1.94. The van der Waals surface area contributed by atoms with Crippen molar-refractivity contribution in [1.82, 2.24) is 14.3 Å². The molecule has 3 aromatic rings. The number of anilines is 1. The van der Waals surface area contributed by atoms with E-state index in [9.17, 15) is 9.59 Å². The van der Waals surface area contributed by atoms with Gasteiger partial charge in [-0.25, -0.2) is 4.98 Å². The predicted octanol–water partition coefficient (Wildman–Crippen LogP) is 5.74. The van der Waals surface area contributed by atoms with Crippen LogP contribution >= 0.6 is 35.6 Å². The topological polar surface area (TPSA) is 66.7 Å². The number of carbonyl (C=O) groups excluding carboxylic acids is 1. The first kappa shape index (κ1) is 24.0. The molecule has 6 nitrogen and oxygen atoms in total. The van der Waals surface area contributed by atoms with Crippen LogP contribution in [0.4, 0.5) is 5.82 Å². The predicted molar refractivity (Wildman–Crippen MR) is 147 cm³/mol. The minimum absolute atomic E-state index is 0.223. The molecule has 1 saturated heterocycles. The Kier molecular flexibility index (Phi) is 6.95. The number of hydrogen-bond acceptors (Lipinski definition) is 6. The van der Waals surface area contributed by atoms with Gasteiger partial charge in [0.2, 0.25) is 0 Å². The standard InChI is InChI=1S/C26H25ClN4O2S2/c1-16-9-11-18(12-10-16)28-23-19(24(32)30-13-5-4-8-22(30)29-23)14-21-25(33)31(26(34)35-21)15-17-6-2-3-7-20(17)27/h2-8,13-14,16,18,28H,9-12,15H2,1H3/b21-14+. The molecule has 1 N–H and O–H groups in total. The van der Waals surface area contributed by atoms with E-state index in [1.54, 1.807) is 24.4 Å². The Hall–Kier alpha value is -2.68. The number of aromatic nitrogens is 2. The zero-order valence-corrected chi connectivity index (χ0v) is 21.6. The van der Waals surface area contributed by atoms with Gasteiger partial charge in [-0.2, -0.15) is 0 Å². The molecule has 1 aromatic carbocycles. The van der Waals surface area contributed by atoms with E-state index in [-0.39, 0.29) is 24.1 Å². The summed E-state index contributed by atoms with van der Waals surface area (Å²) in [6.07, 6.45) is 7.65. The van der Waals surface area contributed by atoms with Crippen LogP contribution in [0.3, 0.4) is 0 Å². The molecular weight excluding hydrogens is 500 g/mol. The van der Waals surface area contributed by atoms with E-state index >= 15 is 0 Å². The molecule has 5 rings (SSSR count). The molecule has 3 heterocycles. The Balaban J connectivity index is 1.51. The quantitative estimate of drug-likeness (QED) is 0.339. The molecule has 35 heavy (non-hydrogen) atoms. The summed E-state index contributed by atoms with van der Waals surface area (Å²) in [6.45, 7) is 2.55. The lowest BCUT2D eigenvalue weighted by Gasteiger charge is -2.27. The third kappa shape index (κ3) is 5.01. The molecule has 2 aromatic heterocycles. The Bertz CT molecular complexity index is 1400. The fourth-order valence-electron chi connectivity index (χ4n) is 4.50. The zero-order valence-electron chi connectivity index (χ0n) is 19.2. The Labute approximate surface area is 218 Å². The normalized spacial score (nSPS) is 21.8. The SMILES string of the molecule is CC1CCC(Nc2nc3ccccn3c(=O)c2/C=C2/SC(=S)N(Cc3ccccc3Cl)C2=O)CC1. The molecule has 1 aliphatic carbocycles. The highest BCUT2D eigenvalue weighted by atomic mass is 35.5. The van der Waals surface area contributed by atoms with Crippen molar-refractivity contribution in [3.05, 3.63) is 80.1 Å². The lowest BCUT2D eigenvalue weighted by molar-refractivity contribution is -0.122. The molecule has 0 bridgehead atoms. The van der Waals surface area contributed by atoms with Crippen molar-refractivity contribution in [3.63, 3.8) is 0 Å². The Morgan fingerprint density at radius 2 is 1.89 bits per heavy atom. The van der Waals surface area contributed by atoms with Gasteiger partial charge in [-0.3, -0.25) is 18.9 Å². The Morgan fingerprint density at radius 3 is 2.66 bits per heavy atom. The summed E-state index contributed by atoms with van der Waals surface area (Å²) in [5, 5.41) is 4.09. The molecule has 180 valence electrons. The van der Waals surface area contributed by atoms with Gasteiger partial charge in [0.15, 0.2) is 0 Å². The fourth-order valence-corrected chi connectivity index (χ4v) is 5.94. The van der Waals surface area contributed by atoms with Gasteiger partial charge in [-0.15, -0.1) is 0 Å². The number of nitrogens with zero attached hydrogens (tertiary/aromatic N) is 3. The van der Waals surface area contributed by atoms with Crippen LogP contribution in [-0.4, -0.2) is 30.6 Å². The second kappa shape index (κ2) is 10.1. The molecule has 1 amide bonds. The van der Waals surface area contributed by atoms with Crippen LogP contribution in [0.1, 0.15) is 43.7 Å². The number of rotatable bonds is 5. The highest BCUT2D eigenvalue weighted by Gasteiger charge is 2.33. The maximum Gasteiger partial charge on any atom is 0.267 e. The van der Waals surface area contributed by atoms with E-state index in [1.807, 2.05) is 30.3 Å². The van der Waals surface area contributed by atoms with Crippen LogP contribution in [0.2, 0.25) is 5.02 Å². The average Bonchev–Trinajstić information content (AvgIpc) is 3.11. The summed E-state index contributed by atoms with van der Waals surface area (Å²) in [5.74, 6) is 0.981. The van der Waals surface area contributed by atoms with E-state index < -0.39 is 0 Å². The molecule has 1 saturated carbocycles. The summed E-state index contributed by atoms with van der Waals surface area (Å²) in [7, 11) is 0. The number of halogens is 1. The minimum atomic E-state index is -0.241. The number of hydrogen-bond donors (Lipinski definition) is 1. The van der Waals surface area contributed by atoms with Gasteiger partial charge in [-0.05, 0) is 61.4 Å². The third-order valence-electron chi connectivity index (χ3n) is 6.56. The average molecular weight is 525 g/mol. The first-order valence-corrected chi connectivity index (χ1v) is 13.3. The lowest BCUT2D eigenvalue weighted by atomic mass is 9.87. The monoisotopic (exact) mass is 524 g/mol. The van der Waals surface area contributed by atoms with Crippen LogP contribution < -0.4 is 10.9 Å². The van der Waals surface area contributed by atoms with Crippen LogP contribution in [0.25, 0.3) is 11.7 Å². The first-order chi connectivity index (χ1) is 16.9. The highest BCUT2D eigenvalue weighted by molar-refractivity contribution is 8.26. The zero-order chi connectivity index (χ0) is 24.5. The third-order valence-corrected chi connectivity index (χ3v) is 8.31. The van der Waals surface area contributed by atoms with Gasteiger partial charge < -0.3 is 5.32 Å². The second-order valence-corrected chi connectivity index (χ2v) is 11.2. The second-order valence-electron chi connectivity index (χ2n) is 9.07. The molecular formula is C26H25ClN4O2S2. The molecule has 1 aliphatic heterocycles. The van der Waals surface area contributed by atoms with Gasteiger partial charge in [-0.1, -0.05) is 66.8 Å². The van der Waals surface area contributed by atoms with Crippen LogP contribution in [0.5, 0.6) is 0 Å². The number of pyridine rings is 1. The van der Waals surface area contributed by atoms with Gasteiger partial charge in [0.05, 0.1) is 17.0 Å². The van der Waals surface area contributed by atoms with Gasteiger partial charge in [0.1, 0.15) is 15.8 Å². The molecule has 2 aliphatic rings. The molecule has 0 spiro atoms. The van der Waals surface area contributed by atoms with Crippen LogP contribution in [-0.2, 0) is 11.3 Å². The van der Waals surface area contributed by atoms with E-state index in [0.717, 1.165) is 31.2 Å². The molecule has 9 heteroatoms. The largest absolute Gasteiger partial charge is 0.367 e. The number of carbonyl (C=O) groups is 1. The minimum Gasteiger partial charge on any atom is -0.367 e. The van der Waals surface area contributed by atoms with Crippen molar-refractivity contribution < 1.29 is 4.79 Å². The van der Waals surface area contributed by atoms with Crippen molar-refractivity contribution in [2.45, 2.75) is 45.2 Å². The highest BCUT2D eigenvalue weighted by Crippen LogP contribution is 2.35. The number of benzene rings is 1. The fraction of sp³-hybridized carbons (Fsp3) is 0.308. The number of thioether (sulfide) groups is 1.